The smallest absolute Gasteiger partial charge is 0.257 e. The summed E-state index contributed by atoms with van der Waals surface area (Å²) in [5, 5.41) is 2.37. The van der Waals surface area contributed by atoms with Gasteiger partial charge in [-0.15, -0.1) is 0 Å². The first-order chi connectivity index (χ1) is 9.79. The largest absolute Gasteiger partial charge is 0.399 e. The fraction of sp³-hybridized carbons (Fsp3) is 0. The molecule has 0 aliphatic heterocycles. The molecule has 0 radical (unpaired) electrons. The summed E-state index contributed by atoms with van der Waals surface area (Å²) in [6, 6.07) is 4.44. The minimum absolute atomic E-state index is 0.00930. The Balaban J connectivity index is 2.37. The van der Waals surface area contributed by atoms with Crippen LogP contribution in [0, 0.1) is 11.6 Å². The molecule has 0 saturated carbocycles. The van der Waals surface area contributed by atoms with Gasteiger partial charge in [-0.05, 0) is 34.1 Å². The number of carbonyl (C=O) groups is 1. The summed E-state index contributed by atoms with van der Waals surface area (Å²) in [6.07, 6.45) is 0. The van der Waals surface area contributed by atoms with Crippen LogP contribution in [-0.2, 0) is 0 Å². The maximum absolute atomic E-state index is 13.6. The van der Waals surface area contributed by atoms with Crippen LogP contribution in [-0.4, -0.2) is 5.91 Å². The molecular weight excluding hydrogens is 389 g/mol. The van der Waals surface area contributed by atoms with Crippen molar-refractivity contribution in [1.82, 2.24) is 0 Å². The molecule has 0 aliphatic carbocycles. The third-order valence-electron chi connectivity index (χ3n) is 2.55. The van der Waals surface area contributed by atoms with Crippen molar-refractivity contribution in [3.63, 3.8) is 0 Å². The fourth-order valence-corrected chi connectivity index (χ4v) is 2.35. The van der Waals surface area contributed by atoms with Gasteiger partial charge in [0.1, 0.15) is 11.6 Å². The zero-order chi connectivity index (χ0) is 15.7. The molecule has 2 aromatic rings. The number of amides is 1. The first kappa shape index (κ1) is 16.0. The molecule has 0 aliphatic rings. The molecule has 8 heteroatoms. The van der Waals surface area contributed by atoms with E-state index in [4.69, 9.17) is 28.9 Å². The van der Waals surface area contributed by atoms with Crippen molar-refractivity contribution in [2.45, 2.75) is 0 Å². The zero-order valence-corrected chi connectivity index (χ0v) is 13.3. The molecule has 3 nitrogen and oxygen atoms in total. The number of nitrogen functional groups attached to an aromatic ring is 1. The lowest BCUT2D eigenvalue weighted by molar-refractivity contribution is 0.102. The maximum atomic E-state index is 13.6. The molecule has 0 bridgehead atoms. The van der Waals surface area contributed by atoms with Crippen LogP contribution in [0.25, 0.3) is 0 Å². The second-order valence-corrected chi connectivity index (χ2v) is 5.70. The van der Waals surface area contributed by atoms with Crippen molar-refractivity contribution in [2.75, 3.05) is 11.1 Å². The van der Waals surface area contributed by atoms with Crippen LogP contribution in [0.15, 0.2) is 28.7 Å². The van der Waals surface area contributed by atoms with E-state index < -0.39 is 17.5 Å². The third-order valence-corrected chi connectivity index (χ3v) is 3.96. The Bertz CT molecular complexity index is 741. The first-order valence-electron chi connectivity index (χ1n) is 5.50. The lowest BCUT2D eigenvalue weighted by Gasteiger charge is -2.10. The van der Waals surface area contributed by atoms with Gasteiger partial charge < -0.3 is 11.1 Å². The number of rotatable bonds is 2. The summed E-state index contributed by atoms with van der Waals surface area (Å²) in [5.74, 6) is -2.42. The van der Waals surface area contributed by atoms with Crippen molar-refractivity contribution in [3.05, 3.63) is 56.0 Å². The van der Waals surface area contributed by atoms with E-state index in [9.17, 15) is 13.6 Å². The number of nitrogens with two attached hydrogens (primary N) is 1. The van der Waals surface area contributed by atoms with Crippen molar-refractivity contribution < 1.29 is 13.6 Å². The van der Waals surface area contributed by atoms with Crippen LogP contribution >= 0.6 is 39.1 Å². The lowest BCUT2D eigenvalue weighted by Crippen LogP contribution is -2.14. The lowest BCUT2D eigenvalue weighted by atomic mass is 10.1. The normalized spacial score (nSPS) is 10.5. The van der Waals surface area contributed by atoms with Crippen molar-refractivity contribution in [2.24, 2.45) is 0 Å². The van der Waals surface area contributed by atoms with E-state index in [-0.39, 0.29) is 31.5 Å². The average molecular weight is 396 g/mol. The predicted octanol–water partition coefficient (Wildman–Crippen LogP) is 4.87. The number of carbonyl (C=O) groups excluding carboxylic acids is 1. The van der Waals surface area contributed by atoms with Gasteiger partial charge in [0.25, 0.3) is 5.91 Å². The predicted molar refractivity (Wildman–Crippen MR) is 82.9 cm³/mol. The second-order valence-electron chi connectivity index (χ2n) is 4.06. The second kappa shape index (κ2) is 6.17. The highest BCUT2D eigenvalue weighted by molar-refractivity contribution is 9.10. The van der Waals surface area contributed by atoms with E-state index in [2.05, 4.69) is 21.2 Å². The highest BCUT2D eigenvalue weighted by Gasteiger charge is 2.17. The number of halogens is 5. The van der Waals surface area contributed by atoms with Crippen LogP contribution in [0.3, 0.4) is 0 Å². The molecule has 0 saturated heterocycles. The monoisotopic (exact) mass is 394 g/mol. The SMILES string of the molecule is Nc1cc(Cl)c(Cl)c(C(=O)Nc2cc(Br)c(F)cc2F)c1. The van der Waals surface area contributed by atoms with Gasteiger partial charge in [0, 0.05) is 11.8 Å². The van der Waals surface area contributed by atoms with Crippen LogP contribution in [0.2, 0.25) is 10.0 Å². The Kier molecular flexibility index (Phi) is 4.70. The van der Waals surface area contributed by atoms with Gasteiger partial charge in [0.15, 0.2) is 0 Å². The summed E-state index contributed by atoms with van der Waals surface area (Å²) in [6.45, 7) is 0. The van der Waals surface area contributed by atoms with Crippen LogP contribution < -0.4 is 11.1 Å². The molecule has 3 N–H and O–H groups in total. The van der Waals surface area contributed by atoms with Gasteiger partial charge in [0.2, 0.25) is 0 Å². The molecule has 0 unspecified atom stereocenters. The van der Waals surface area contributed by atoms with E-state index in [0.29, 0.717) is 6.07 Å². The summed E-state index contributed by atoms with van der Waals surface area (Å²) < 4.78 is 26.8. The van der Waals surface area contributed by atoms with Crippen molar-refractivity contribution >= 4 is 56.4 Å². The molecule has 2 rings (SSSR count). The van der Waals surface area contributed by atoms with Gasteiger partial charge in [-0.2, -0.15) is 0 Å². The van der Waals surface area contributed by atoms with E-state index >= 15 is 0 Å². The molecule has 1 amide bonds. The van der Waals surface area contributed by atoms with E-state index in [1.54, 1.807) is 0 Å². The molecule has 0 fully saturated rings. The number of benzene rings is 2. The topological polar surface area (TPSA) is 55.1 Å². The van der Waals surface area contributed by atoms with Crippen molar-refractivity contribution in [1.29, 1.82) is 0 Å². The minimum atomic E-state index is -0.921. The summed E-state index contributed by atoms with van der Waals surface area (Å²) in [4.78, 5) is 12.1. The maximum Gasteiger partial charge on any atom is 0.257 e. The third kappa shape index (κ3) is 3.45. The highest BCUT2D eigenvalue weighted by atomic mass is 79.9. The fourth-order valence-electron chi connectivity index (χ4n) is 1.58. The minimum Gasteiger partial charge on any atom is -0.399 e. The van der Waals surface area contributed by atoms with E-state index in [1.165, 1.54) is 12.1 Å². The van der Waals surface area contributed by atoms with Gasteiger partial charge in [-0.3, -0.25) is 4.79 Å². The Morgan fingerprint density at radius 3 is 2.48 bits per heavy atom. The Hall–Kier alpha value is -1.37. The van der Waals surface area contributed by atoms with Gasteiger partial charge >= 0.3 is 0 Å². The first-order valence-corrected chi connectivity index (χ1v) is 7.05. The number of hydrogen-bond donors (Lipinski definition) is 2. The van der Waals surface area contributed by atoms with Gasteiger partial charge in [-0.1, -0.05) is 23.2 Å². The molecule has 0 atom stereocenters. The quantitative estimate of drug-likeness (QED) is 0.563. The highest BCUT2D eigenvalue weighted by Crippen LogP contribution is 2.30. The Morgan fingerprint density at radius 1 is 1.14 bits per heavy atom. The molecule has 0 aromatic heterocycles. The van der Waals surface area contributed by atoms with E-state index in [0.717, 1.165) is 6.07 Å². The summed E-state index contributed by atoms with van der Waals surface area (Å²) >= 11 is 14.6. The van der Waals surface area contributed by atoms with Gasteiger partial charge in [-0.25, -0.2) is 8.78 Å². The summed E-state index contributed by atoms with van der Waals surface area (Å²) in [5.41, 5.74) is 5.59. The zero-order valence-electron chi connectivity index (χ0n) is 10.2. The van der Waals surface area contributed by atoms with Crippen molar-refractivity contribution in [3.8, 4) is 0 Å². The molecular formula is C13H7BrCl2F2N2O. The molecule has 0 spiro atoms. The van der Waals surface area contributed by atoms with Crippen LogP contribution in [0.5, 0.6) is 0 Å². The number of nitrogens with one attached hydrogen (secondary N) is 1. The number of hydrogen-bond acceptors (Lipinski definition) is 2. The van der Waals surface area contributed by atoms with Crippen LogP contribution in [0.4, 0.5) is 20.2 Å². The number of anilines is 2. The van der Waals surface area contributed by atoms with Crippen LogP contribution in [0.1, 0.15) is 10.4 Å². The molecule has 21 heavy (non-hydrogen) atoms. The molecule has 2 aromatic carbocycles. The van der Waals surface area contributed by atoms with E-state index in [1.807, 2.05) is 0 Å². The standard InChI is InChI=1S/C13H7BrCl2F2N2O/c14-7-3-11(10(18)4-9(7)17)20-13(21)6-1-5(19)2-8(15)12(6)16/h1-4H,19H2,(H,20,21). The Morgan fingerprint density at radius 2 is 1.81 bits per heavy atom. The molecule has 110 valence electrons. The summed E-state index contributed by atoms with van der Waals surface area (Å²) in [7, 11) is 0. The Labute approximate surface area is 137 Å². The molecule has 0 heterocycles. The average Bonchev–Trinajstić information content (AvgIpc) is 2.40. The van der Waals surface area contributed by atoms with Gasteiger partial charge in [0.05, 0.1) is 25.8 Å².